The number of H-pyrrole nitrogens is 1. The highest BCUT2D eigenvalue weighted by molar-refractivity contribution is 8.03. The summed E-state index contributed by atoms with van der Waals surface area (Å²) in [5, 5.41) is 7.63. The fraction of sp³-hybridized carbons (Fsp3) is 0.438. The Bertz CT molecular complexity index is 548. The van der Waals surface area contributed by atoms with Gasteiger partial charge in [0.15, 0.2) is 0 Å². The number of hydrogen-bond acceptors (Lipinski definition) is 4. The number of aromatic nitrogens is 2. The van der Waals surface area contributed by atoms with Crippen LogP contribution < -0.4 is 0 Å². The largest absolute Gasteiger partial charge is 0.296 e. The molecular weight excluding hydrogens is 298 g/mol. The number of thioether (sulfide) groups is 2. The molecule has 1 aliphatic heterocycles. The Morgan fingerprint density at radius 3 is 2.62 bits per heavy atom. The molecule has 0 atom stereocenters. The van der Waals surface area contributed by atoms with Gasteiger partial charge >= 0.3 is 0 Å². The van der Waals surface area contributed by atoms with Crippen molar-refractivity contribution >= 4 is 23.5 Å². The van der Waals surface area contributed by atoms with Gasteiger partial charge in [0.2, 0.25) is 0 Å². The third-order valence-corrected chi connectivity index (χ3v) is 6.22. The molecule has 0 aliphatic carbocycles. The van der Waals surface area contributed by atoms with Crippen LogP contribution in [0.2, 0.25) is 0 Å². The highest BCUT2D eigenvalue weighted by atomic mass is 32.2. The molecule has 1 aliphatic rings. The minimum absolute atomic E-state index is 0.658. The minimum atomic E-state index is 0.658. The fourth-order valence-corrected chi connectivity index (χ4v) is 5.17. The van der Waals surface area contributed by atoms with E-state index in [4.69, 9.17) is 0 Å². The molecule has 2 aromatic rings. The number of hydrogen-bond donors (Lipinski definition) is 1. The van der Waals surface area contributed by atoms with Crippen LogP contribution in [0.25, 0.3) is 11.3 Å². The first-order valence-corrected chi connectivity index (χ1v) is 9.59. The number of benzene rings is 1. The van der Waals surface area contributed by atoms with E-state index in [1.807, 2.05) is 6.07 Å². The lowest BCUT2D eigenvalue weighted by atomic mass is 10.1. The van der Waals surface area contributed by atoms with Gasteiger partial charge in [0.25, 0.3) is 0 Å². The Morgan fingerprint density at radius 2 is 1.90 bits per heavy atom. The lowest BCUT2D eigenvalue weighted by Gasteiger charge is -2.25. The van der Waals surface area contributed by atoms with Crippen molar-refractivity contribution in [3.05, 3.63) is 42.1 Å². The van der Waals surface area contributed by atoms with Gasteiger partial charge in [-0.1, -0.05) is 30.3 Å². The fourth-order valence-electron chi connectivity index (χ4n) is 2.46. The van der Waals surface area contributed by atoms with Crippen LogP contribution in [0.4, 0.5) is 0 Å². The van der Waals surface area contributed by atoms with Crippen molar-refractivity contribution in [3.63, 3.8) is 0 Å². The van der Waals surface area contributed by atoms with Gasteiger partial charge in [0, 0.05) is 46.9 Å². The molecule has 1 saturated heterocycles. The minimum Gasteiger partial charge on any atom is -0.296 e. The van der Waals surface area contributed by atoms with Crippen LogP contribution in [0.5, 0.6) is 0 Å². The molecule has 0 amide bonds. The zero-order valence-electron chi connectivity index (χ0n) is 12.3. The molecule has 1 fully saturated rings. The summed E-state index contributed by atoms with van der Waals surface area (Å²) < 4.78 is 0. The molecule has 0 saturated carbocycles. The molecular formula is C16H21N3S2. The predicted molar refractivity (Wildman–Crippen MR) is 93.9 cm³/mol. The SMILES string of the molecule is CN(Cc1cc(-c2ccccc2)n[nH]1)C1CSCCSC1. The quantitative estimate of drug-likeness (QED) is 0.936. The van der Waals surface area contributed by atoms with Crippen molar-refractivity contribution < 1.29 is 0 Å². The molecule has 0 radical (unpaired) electrons. The van der Waals surface area contributed by atoms with E-state index < -0.39 is 0 Å². The molecule has 0 unspecified atom stereocenters. The van der Waals surface area contributed by atoms with Crippen LogP contribution >= 0.6 is 23.5 Å². The number of nitrogens with zero attached hydrogens (tertiary/aromatic N) is 2. The van der Waals surface area contributed by atoms with E-state index in [9.17, 15) is 0 Å². The second kappa shape index (κ2) is 7.38. The second-order valence-corrected chi connectivity index (χ2v) is 7.66. The van der Waals surface area contributed by atoms with E-state index in [-0.39, 0.29) is 0 Å². The van der Waals surface area contributed by atoms with E-state index in [2.05, 4.69) is 76.0 Å². The summed E-state index contributed by atoms with van der Waals surface area (Å²) in [6, 6.07) is 13.2. The first-order chi connectivity index (χ1) is 10.3. The van der Waals surface area contributed by atoms with E-state index in [1.54, 1.807) is 0 Å². The van der Waals surface area contributed by atoms with Crippen molar-refractivity contribution in [1.82, 2.24) is 15.1 Å². The third kappa shape index (κ3) is 4.05. The number of nitrogens with one attached hydrogen (secondary N) is 1. The first kappa shape index (κ1) is 15.0. The van der Waals surface area contributed by atoms with E-state index in [0.29, 0.717) is 6.04 Å². The Morgan fingerprint density at radius 1 is 1.19 bits per heavy atom. The average molecular weight is 319 g/mol. The molecule has 2 heterocycles. The molecule has 1 aromatic carbocycles. The van der Waals surface area contributed by atoms with Crippen molar-refractivity contribution in [2.75, 3.05) is 30.1 Å². The molecule has 3 rings (SSSR count). The molecule has 5 heteroatoms. The molecule has 1 aromatic heterocycles. The maximum absolute atomic E-state index is 4.44. The monoisotopic (exact) mass is 319 g/mol. The van der Waals surface area contributed by atoms with Gasteiger partial charge in [0.1, 0.15) is 0 Å². The molecule has 1 N–H and O–H groups in total. The summed E-state index contributed by atoms with van der Waals surface area (Å²) in [6.45, 7) is 0.936. The zero-order chi connectivity index (χ0) is 14.5. The summed E-state index contributed by atoms with van der Waals surface area (Å²) in [4.78, 5) is 2.45. The Labute approximate surface area is 134 Å². The van der Waals surface area contributed by atoms with Gasteiger partial charge < -0.3 is 0 Å². The first-order valence-electron chi connectivity index (χ1n) is 7.28. The summed E-state index contributed by atoms with van der Waals surface area (Å²) >= 11 is 4.15. The van der Waals surface area contributed by atoms with E-state index in [0.717, 1.165) is 12.2 Å². The lowest BCUT2D eigenvalue weighted by Crippen LogP contribution is -2.35. The van der Waals surface area contributed by atoms with Crippen molar-refractivity contribution in [2.45, 2.75) is 12.6 Å². The Kier molecular flexibility index (Phi) is 5.27. The Hall–Kier alpha value is -0.910. The highest BCUT2D eigenvalue weighted by Crippen LogP contribution is 2.22. The second-order valence-electron chi connectivity index (χ2n) is 5.36. The third-order valence-electron chi connectivity index (χ3n) is 3.74. The van der Waals surface area contributed by atoms with E-state index in [1.165, 1.54) is 34.3 Å². The van der Waals surface area contributed by atoms with Gasteiger partial charge in [0.05, 0.1) is 5.69 Å². The van der Waals surface area contributed by atoms with Gasteiger partial charge in [-0.15, -0.1) is 0 Å². The summed E-state index contributed by atoms with van der Waals surface area (Å²) in [6.07, 6.45) is 0. The van der Waals surface area contributed by atoms with Gasteiger partial charge in [-0.05, 0) is 13.1 Å². The number of rotatable bonds is 4. The standard InChI is InChI=1S/C16H21N3S2/c1-19(15-11-20-7-8-21-12-15)10-14-9-16(18-17-14)13-5-3-2-4-6-13/h2-6,9,15H,7-8,10-12H2,1H3,(H,17,18). The van der Waals surface area contributed by atoms with Crippen molar-refractivity contribution in [1.29, 1.82) is 0 Å². The van der Waals surface area contributed by atoms with E-state index >= 15 is 0 Å². The van der Waals surface area contributed by atoms with Crippen molar-refractivity contribution in [2.24, 2.45) is 0 Å². The molecule has 112 valence electrons. The van der Waals surface area contributed by atoms with Crippen LogP contribution in [0, 0.1) is 0 Å². The van der Waals surface area contributed by atoms with Crippen LogP contribution in [0.3, 0.4) is 0 Å². The van der Waals surface area contributed by atoms with Crippen molar-refractivity contribution in [3.8, 4) is 11.3 Å². The smallest absolute Gasteiger partial charge is 0.0924 e. The summed E-state index contributed by atoms with van der Waals surface area (Å²) in [7, 11) is 2.22. The molecule has 21 heavy (non-hydrogen) atoms. The molecule has 3 nitrogen and oxygen atoms in total. The summed E-state index contributed by atoms with van der Waals surface area (Å²) in [5.74, 6) is 5.06. The van der Waals surface area contributed by atoms with Crippen LogP contribution in [0.1, 0.15) is 5.69 Å². The van der Waals surface area contributed by atoms with Gasteiger partial charge in [-0.3, -0.25) is 10.00 Å². The highest BCUT2D eigenvalue weighted by Gasteiger charge is 2.18. The van der Waals surface area contributed by atoms with Gasteiger partial charge in [-0.2, -0.15) is 28.6 Å². The topological polar surface area (TPSA) is 31.9 Å². The zero-order valence-corrected chi connectivity index (χ0v) is 13.9. The van der Waals surface area contributed by atoms with Crippen LogP contribution in [0.15, 0.2) is 36.4 Å². The predicted octanol–water partition coefficient (Wildman–Crippen LogP) is 3.36. The lowest BCUT2D eigenvalue weighted by molar-refractivity contribution is 0.270. The summed E-state index contributed by atoms with van der Waals surface area (Å²) in [5.41, 5.74) is 3.39. The average Bonchev–Trinajstić information content (AvgIpc) is 2.81. The Balaban J connectivity index is 1.64. The van der Waals surface area contributed by atoms with Crippen LogP contribution in [-0.4, -0.2) is 51.2 Å². The van der Waals surface area contributed by atoms with Gasteiger partial charge in [-0.25, -0.2) is 0 Å². The number of aromatic amines is 1. The normalized spacial score (nSPS) is 17.0. The van der Waals surface area contributed by atoms with Crippen LogP contribution in [-0.2, 0) is 6.54 Å². The molecule has 0 spiro atoms. The maximum atomic E-state index is 4.44. The maximum Gasteiger partial charge on any atom is 0.0924 e. The molecule has 0 bridgehead atoms.